The van der Waals surface area contributed by atoms with Gasteiger partial charge in [0.15, 0.2) is 0 Å². The molecule has 7 nitrogen and oxygen atoms in total. The molecule has 0 unspecified atom stereocenters. The first-order valence-corrected chi connectivity index (χ1v) is 8.71. The number of carbonyl (C=O) groups excluding carboxylic acids is 4. The quantitative estimate of drug-likeness (QED) is 0.603. The highest BCUT2D eigenvalue weighted by atomic mass is 79.9. The maximum absolute atomic E-state index is 12.4. The van der Waals surface area contributed by atoms with Gasteiger partial charge in [0.25, 0.3) is 11.8 Å². The molecule has 25 heavy (non-hydrogen) atoms. The van der Waals surface area contributed by atoms with E-state index >= 15 is 0 Å². The first-order valence-electron chi connectivity index (χ1n) is 7.03. The minimum Gasteiger partial charge on any atom is -0.465 e. The number of thiophene rings is 1. The Labute approximate surface area is 154 Å². The number of imide groups is 1. The van der Waals surface area contributed by atoms with Crippen LogP contribution >= 0.6 is 27.3 Å². The van der Waals surface area contributed by atoms with Crippen LogP contribution < -0.4 is 5.32 Å². The van der Waals surface area contributed by atoms with E-state index in [1.807, 2.05) is 0 Å². The average molecular weight is 423 g/mol. The molecule has 0 aliphatic carbocycles. The summed E-state index contributed by atoms with van der Waals surface area (Å²) in [6, 6.07) is 6.28. The van der Waals surface area contributed by atoms with Crippen molar-refractivity contribution >= 4 is 56.6 Å². The molecule has 0 fully saturated rings. The van der Waals surface area contributed by atoms with Gasteiger partial charge >= 0.3 is 5.97 Å². The van der Waals surface area contributed by atoms with E-state index in [9.17, 15) is 19.2 Å². The molecule has 3 rings (SSSR count). The second-order valence-electron chi connectivity index (χ2n) is 5.09. The van der Waals surface area contributed by atoms with Crippen LogP contribution in [-0.2, 0) is 9.53 Å². The third kappa shape index (κ3) is 3.20. The standard InChI is InChI=1S/C16H11BrN2O5S/c1-24-16(23)13-11(4-5-25-13)18-12(20)7-19-14(21)9-3-2-8(17)6-10(9)15(19)22/h2-6H,7H2,1H3,(H,18,20). The number of hydrogen-bond acceptors (Lipinski definition) is 6. The average Bonchev–Trinajstić information content (AvgIpc) is 3.13. The lowest BCUT2D eigenvalue weighted by atomic mass is 10.1. The maximum Gasteiger partial charge on any atom is 0.350 e. The molecule has 0 atom stereocenters. The van der Waals surface area contributed by atoms with E-state index in [1.165, 1.54) is 13.2 Å². The predicted molar refractivity (Wildman–Crippen MR) is 93.8 cm³/mol. The predicted octanol–water partition coefficient (Wildman–Crippen LogP) is 2.53. The molecule has 9 heteroatoms. The van der Waals surface area contributed by atoms with Crippen LogP contribution in [-0.4, -0.2) is 42.2 Å². The molecular weight excluding hydrogens is 412 g/mol. The zero-order valence-electron chi connectivity index (χ0n) is 12.9. The first kappa shape index (κ1) is 17.3. The van der Waals surface area contributed by atoms with Crippen molar-refractivity contribution < 1.29 is 23.9 Å². The van der Waals surface area contributed by atoms with Gasteiger partial charge in [-0.2, -0.15) is 0 Å². The van der Waals surface area contributed by atoms with E-state index in [0.717, 1.165) is 16.2 Å². The fraction of sp³-hybridized carbons (Fsp3) is 0.125. The number of anilines is 1. The number of rotatable bonds is 4. The second-order valence-corrected chi connectivity index (χ2v) is 6.92. The van der Waals surface area contributed by atoms with Crippen molar-refractivity contribution in [1.29, 1.82) is 0 Å². The van der Waals surface area contributed by atoms with Crippen molar-refractivity contribution in [3.63, 3.8) is 0 Å². The van der Waals surface area contributed by atoms with Crippen LogP contribution in [0.3, 0.4) is 0 Å². The summed E-state index contributed by atoms with van der Waals surface area (Å²) in [4.78, 5) is 49.6. The Balaban J connectivity index is 1.75. The van der Waals surface area contributed by atoms with Gasteiger partial charge in [0, 0.05) is 4.47 Å². The molecular formula is C16H11BrN2O5S. The van der Waals surface area contributed by atoms with Gasteiger partial charge in [0.2, 0.25) is 5.91 Å². The van der Waals surface area contributed by atoms with E-state index in [0.29, 0.717) is 4.47 Å². The summed E-state index contributed by atoms with van der Waals surface area (Å²) in [5.41, 5.74) is 0.783. The van der Waals surface area contributed by atoms with E-state index in [2.05, 4.69) is 26.0 Å². The lowest BCUT2D eigenvalue weighted by molar-refractivity contribution is -0.116. The van der Waals surface area contributed by atoms with Gasteiger partial charge in [-0.3, -0.25) is 19.3 Å². The van der Waals surface area contributed by atoms with Crippen LogP contribution in [0.4, 0.5) is 5.69 Å². The normalized spacial score (nSPS) is 13.0. The highest BCUT2D eigenvalue weighted by Gasteiger charge is 2.36. The number of amides is 3. The third-order valence-corrected chi connectivity index (χ3v) is 4.93. The van der Waals surface area contributed by atoms with Gasteiger partial charge in [0.1, 0.15) is 11.4 Å². The summed E-state index contributed by atoms with van der Waals surface area (Å²) in [6.07, 6.45) is 0. The smallest absolute Gasteiger partial charge is 0.350 e. The molecule has 0 saturated heterocycles. The van der Waals surface area contributed by atoms with Crippen LogP contribution in [0.15, 0.2) is 34.1 Å². The number of nitrogens with zero attached hydrogens (tertiary/aromatic N) is 1. The van der Waals surface area contributed by atoms with Crippen LogP contribution in [0.2, 0.25) is 0 Å². The number of fused-ring (bicyclic) bond motifs is 1. The Bertz CT molecular complexity index is 908. The molecule has 1 aromatic heterocycles. The molecule has 2 heterocycles. The fourth-order valence-electron chi connectivity index (χ4n) is 2.40. The monoisotopic (exact) mass is 422 g/mol. The molecule has 128 valence electrons. The van der Waals surface area contributed by atoms with Gasteiger partial charge in [-0.15, -0.1) is 11.3 Å². The van der Waals surface area contributed by atoms with Crippen LogP contribution in [0.5, 0.6) is 0 Å². The number of hydrogen-bond donors (Lipinski definition) is 1. The number of benzene rings is 1. The van der Waals surface area contributed by atoms with Crippen molar-refractivity contribution in [2.24, 2.45) is 0 Å². The van der Waals surface area contributed by atoms with E-state index in [1.54, 1.807) is 23.6 Å². The van der Waals surface area contributed by atoms with Crippen molar-refractivity contribution in [2.45, 2.75) is 0 Å². The molecule has 1 aromatic carbocycles. The van der Waals surface area contributed by atoms with Crippen molar-refractivity contribution in [3.8, 4) is 0 Å². The number of carbonyl (C=O) groups is 4. The minimum atomic E-state index is -0.586. The summed E-state index contributed by atoms with van der Waals surface area (Å²) in [6.45, 7) is -0.444. The van der Waals surface area contributed by atoms with E-state index < -0.39 is 30.2 Å². The molecule has 1 aliphatic rings. The van der Waals surface area contributed by atoms with Crippen molar-refractivity contribution in [1.82, 2.24) is 4.90 Å². The van der Waals surface area contributed by atoms with Gasteiger partial charge in [0.05, 0.1) is 23.9 Å². The van der Waals surface area contributed by atoms with Gasteiger partial charge in [-0.1, -0.05) is 15.9 Å². The zero-order valence-corrected chi connectivity index (χ0v) is 15.3. The number of methoxy groups -OCH3 is 1. The molecule has 0 spiro atoms. The topological polar surface area (TPSA) is 92.8 Å². The van der Waals surface area contributed by atoms with Gasteiger partial charge in [-0.05, 0) is 29.6 Å². The molecule has 0 bridgehead atoms. The number of nitrogens with one attached hydrogen (secondary N) is 1. The van der Waals surface area contributed by atoms with Crippen LogP contribution in [0.25, 0.3) is 0 Å². The van der Waals surface area contributed by atoms with Gasteiger partial charge < -0.3 is 10.1 Å². The lowest BCUT2D eigenvalue weighted by Crippen LogP contribution is -2.37. The van der Waals surface area contributed by atoms with Gasteiger partial charge in [-0.25, -0.2) is 4.79 Å². The van der Waals surface area contributed by atoms with Crippen LogP contribution in [0, 0.1) is 0 Å². The minimum absolute atomic E-state index is 0.238. The highest BCUT2D eigenvalue weighted by molar-refractivity contribution is 9.10. The summed E-state index contributed by atoms with van der Waals surface area (Å²) in [7, 11) is 1.24. The SMILES string of the molecule is COC(=O)c1sccc1NC(=O)CN1C(=O)c2ccc(Br)cc2C1=O. The van der Waals surface area contributed by atoms with Crippen LogP contribution in [0.1, 0.15) is 30.4 Å². The second kappa shape index (κ2) is 6.77. The highest BCUT2D eigenvalue weighted by Crippen LogP contribution is 2.27. The van der Waals surface area contributed by atoms with E-state index in [-0.39, 0.29) is 21.7 Å². The Morgan fingerprint density at radius 2 is 1.92 bits per heavy atom. The Morgan fingerprint density at radius 1 is 1.20 bits per heavy atom. The molecule has 1 N–H and O–H groups in total. The third-order valence-electron chi connectivity index (χ3n) is 3.54. The maximum atomic E-state index is 12.4. The Hall–Kier alpha value is -2.52. The Morgan fingerprint density at radius 3 is 2.64 bits per heavy atom. The summed E-state index contributed by atoms with van der Waals surface area (Å²) >= 11 is 4.36. The number of ether oxygens (including phenoxy) is 1. The molecule has 0 saturated carbocycles. The molecule has 3 amide bonds. The number of esters is 1. The summed E-state index contributed by atoms with van der Waals surface area (Å²) in [5.74, 6) is -2.22. The molecule has 2 aromatic rings. The summed E-state index contributed by atoms with van der Waals surface area (Å²) in [5, 5.41) is 4.15. The zero-order chi connectivity index (χ0) is 18.1. The van der Waals surface area contributed by atoms with Crippen molar-refractivity contribution in [2.75, 3.05) is 19.0 Å². The largest absolute Gasteiger partial charge is 0.465 e. The fourth-order valence-corrected chi connectivity index (χ4v) is 3.53. The lowest BCUT2D eigenvalue weighted by Gasteiger charge is -2.13. The van der Waals surface area contributed by atoms with E-state index in [4.69, 9.17) is 0 Å². The number of halogens is 1. The summed E-state index contributed by atoms with van der Waals surface area (Å²) < 4.78 is 5.30. The Kier molecular flexibility index (Phi) is 4.69. The molecule has 0 radical (unpaired) electrons. The molecule has 1 aliphatic heterocycles. The van der Waals surface area contributed by atoms with Crippen molar-refractivity contribution in [3.05, 3.63) is 50.1 Å². The first-order chi connectivity index (χ1) is 11.9.